The molecule has 0 spiro atoms. The van der Waals surface area contributed by atoms with Gasteiger partial charge in [0.2, 0.25) is 0 Å². The van der Waals surface area contributed by atoms with Crippen molar-refractivity contribution in [1.29, 1.82) is 0 Å². The largest absolute Gasteiger partial charge is 0.493 e. The van der Waals surface area contributed by atoms with Crippen molar-refractivity contribution in [2.75, 3.05) is 27.3 Å². The SMILES string of the molecule is COc1cc2c(cc1OC)C(=O)C(CC1CCN(Cc3ccccc3)CC1)C2.O=[N+]([O-])[O-]. The second kappa shape index (κ2) is 10.9. The number of fused-ring (bicyclic) bond motifs is 1. The van der Waals surface area contributed by atoms with Gasteiger partial charge in [0.25, 0.3) is 0 Å². The molecule has 32 heavy (non-hydrogen) atoms. The monoisotopic (exact) mass is 441 g/mol. The van der Waals surface area contributed by atoms with E-state index < -0.39 is 5.09 Å². The number of benzene rings is 2. The molecule has 1 aliphatic carbocycles. The first-order chi connectivity index (χ1) is 15.4. The lowest BCUT2D eigenvalue weighted by Crippen LogP contribution is -2.34. The first-order valence-corrected chi connectivity index (χ1v) is 10.8. The molecule has 1 heterocycles. The number of piperidine rings is 1. The summed E-state index contributed by atoms with van der Waals surface area (Å²) in [7, 11) is 3.26. The van der Waals surface area contributed by atoms with E-state index in [1.54, 1.807) is 14.2 Å². The summed E-state index contributed by atoms with van der Waals surface area (Å²) in [5.41, 5.74) is 3.31. The number of ether oxygens (including phenoxy) is 2. The van der Waals surface area contributed by atoms with E-state index in [1.165, 1.54) is 18.4 Å². The minimum atomic E-state index is -1.75. The van der Waals surface area contributed by atoms with Crippen LogP contribution in [0.5, 0.6) is 11.5 Å². The maximum Gasteiger partial charge on any atom is 0.166 e. The minimum Gasteiger partial charge on any atom is -0.493 e. The summed E-state index contributed by atoms with van der Waals surface area (Å²) in [5, 5.41) is 14.8. The third-order valence-electron chi connectivity index (χ3n) is 6.29. The van der Waals surface area contributed by atoms with Crippen LogP contribution >= 0.6 is 0 Å². The minimum absolute atomic E-state index is 0.109. The van der Waals surface area contributed by atoms with Crippen LogP contribution in [0.1, 0.15) is 40.7 Å². The molecule has 0 aromatic heterocycles. The molecule has 0 radical (unpaired) electrons. The number of hydrogen-bond acceptors (Lipinski definition) is 7. The van der Waals surface area contributed by atoms with Crippen molar-refractivity contribution in [3.63, 3.8) is 0 Å². The molecule has 8 heteroatoms. The van der Waals surface area contributed by atoms with E-state index in [9.17, 15) is 4.79 Å². The summed E-state index contributed by atoms with van der Waals surface area (Å²) >= 11 is 0. The van der Waals surface area contributed by atoms with Crippen LogP contribution in [-0.4, -0.2) is 43.1 Å². The number of likely N-dealkylation sites (tertiary alicyclic amines) is 1. The van der Waals surface area contributed by atoms with Gasteiger partial charge in [-0.25, -0.2) is 0 Å². The number of carbonyl (C=O) groups is 1. The van der Waals surface area contributed by atoms with Crippen molar-refractivity contribution in [2.24, 2.45) is 11.8 Å². The summed E-state index contributed by atoms with van der Waals surface area (Å²) in [5.74, 6) is 2.38. The number of ketones is 1. The third-order valence-corrected chi connectivity index (χ3v) is 6.29. The average Bonchev–Trinajstić information content (AvgIpc) is 3.08. The predicted molar refractivity (Wildman–Crippen MR) is 120 cm³/mol. The zero-order valence-electron chi connectivity index (χ0n) is 18.5. The topological polar surface area (TPSA) is 105 Å². The van der Waals surface area contributed by atoms with Gasteiger partial charge in [-0.15, -0.1) is 0 Å². The van der Waals surface area contributed by atoms with Crippen LogP contribution in [0, 0.1) is 27.2 Å². The Morgan fingerprint density at radius 2 is 1.62 bits per heavy atom. The molecule has 2 aromatic carbocycles. The summed E-state index contributed by atoms with van der Waals surface area (Å²) in [6.07, 6.45) is 4.19. The van der Waals surface area contributed by atoms with Crippen molar-refractivity contribution in [3.8, 4) is 11.5 Å². The van der Waals surface area contributed by atoms with Gasteiger partial charge in [-0.3, -0.25) is 9.69 Å². The fourth-order valence-electron chi connectivity index (χ4n) is 4.71. The van der Waals surface area contributed by atoms with Crippen molar-refractivity contribution in [3.05, 3.63) is 74.5 Å². The molecule has 1 atom stereocenters. The quantitative estimate of drug-likeness (QED) is 0.490. The van der Waals surface area contributed by atoms with Crippen molar-refractivity contribution in [2.45, 2.75) is 32.2 Å². The second-order valence-electron chi connectivity index (χ2n) is 8.29. The molecule has 172 valence electrons. The molecule has 1 aliphatic heterocycles. The lowest BCUT2D eigenvalue weighted by Gasteiger charge is -2.32. The molecule has 1 unspecified atom stereocenters. The van der Waals surface area contributed by atoms with E-state index in [1.807, 2.05) is 12.1 Å². The average molecular weight is 442 g/mol. The summed E-state index contributed by atoms with van der Waals surface area (Å²) in [4.78, 5) is 23.7. The van der Waals surface area contributed by atoms with Crippen LogP contribution in [0.15, 0.2) is 42.5 Å². The van der Waals surface area contributed by atoms with Gasteiger partial charge in [0.05, 0.1) is 19.3 Å². The highest BCUT2D eigenvalue weighted by atomic mass is 16.9. The lowest BCUT2D eigenvalue weighted by atomic mass is 9.85. The highest BCUT2D eigenvalue weighted by Crippen LogP contribution is 2.39. The van der Waals surface area contributed by atoms with Crippen molar-refractivity contribution < 1.29 is 19.4 Å². The van der Waals surface area contributed by atoms with E-state index >= 15 is 0 Å². The van der Waals surface area contributed by atoms with Gasteiger partial charge >= 0.3 is 0 Å². The number of nitrogens with zero attached hydrogens (tertiary/aromatic N) is 2. The Labute approximate surface area is 187 Å². The van der Waals surface area contributed by atoms with Gasteiger partial charge in [-0.2, -0.15) is 0 Å². The normalized spacial score (nSPS) is 18.4. The van der Waals surface area contributed by atoms with Crippen LogP contribution in [0.4, 0.5) is 0 Å². The van der Waals surface area contributed by atoms with E-state index in [-0.39, 0.29) is 11.7 Å². The van der Waals surface area contributed by atoms with Crippen LogP contribution in [0.2, 0.25) is 0 Å². The first kappa shape index (κ1) is 23.5. The first-order valence-electron chi connectivity index (χ1n) is 10.8. The molecular weight excluding hydrogens is 412 g/mol. The third kappa shape index (κ3) is 5.97. The molecule has 0 amide bonds. The van der Waals surface area contributed by atoms with Gasteiger partial charge in [0.15, 0.2) is 17.3 Å². The zero-order valence-corrected chi connectivity index (χ0v) is 18.5. The Morgan fingerprint density at radius 3 is 2.22 bits per heavy atom. The number of Topliss-reactive ketones (excluding diaryl/α,β-unsaturated/α-hetero) is 1. The Bertz CT molecular complexity index is 922. The van der Waals surface area contributed by atoms with Gasteiger partial charge < -0.3 is 24.8 Å². The zero-order chi connectivity index (χ0) is 23.1. The predicted octanol–water partition coefficient (Wildman–Crippen LogP) is 4.12. The van der Waals surface area contributed by atoms with Crippen molar-refractivity contribution in [1.82, 2.24) is 4.90 Å². The molecule has 1 fully saturated rings. The number of methoxy groups -OCH3 is 2. The maximum absolute atomic E-state index is 12.9. The van der Waals surface area contributed by atoms with E-state index in [4.69, 9.17) is 24.8 Å². The molecule has 0 N–H and O–H groups in total. The summed E-state index contributed by atoms with van der Waals surface area (Å²) < 4.78 is 10.8. The molecular formula is C24H29N2O6-. The van der Waals surface area contributed by atoms with Gasteiger partial charge in [-0.05, 0) is 68.0 Å². The number of carbonyl (C=O) groups excluding carboxylic acids is 1. The smallest absolute Gasteiger partial charge is 0.166 e. The Kier molecular flexibility index (Phi) is 8.05. The summed E-state index contributed by atoms with van der Waals surface area (Å²) in [6, 6.07) is 14.5. The molecule has 2 aromatic rings. The Morgan fingerprint density at radius 1 is 1.03 bits per heavy atom. The summed E-state index contributed by atoms with van der Waals surface area (Å²) in [6.45, 7) is 3.27. The Balaban J connectivity index is 0.000000668. The van der Waals surface area contributed by atoms with E-state index in [2.05, 4.69) is 35.2 Å². The van der Waals surface area contributed by atoms with Crippen LogP contribution in [-0.2, 0) is 13.0 Å². The van der Waals surface area contributed by atoms with Crippen molar-refractivity contribution >= 4 is 5.78 Å². The molecule has 0 saturated carbocycles. The van der Waals surface area contributed by atoms with Crippen LogP contribution in [0.3, 0.4) is 0 Å². The molecule has 0 bridgehead atoms. The second-order valence-corrected chi connectivity index (χ2v) is 8.29. The molecule has 2 aliphatic rings. The fraction of sp³-hybridized carbons (Fsp3) is 0.458. The van der Waals surface area contributed by atoms with Gasteiger partial charge in [0, 0.05) is 18.0 Å². The van der Waals surface area contributed by atoms with E-state index in [0.717, 1.165) is 43.6 Å². The Hall–Kier alpha value is -3.13. The number of rotatable bonds is 6. The van der Waals surface area contributed by atoms with Gasteiger partial charge in [-0.1, -0.05) is 30.3 Å². The molecule has 4 rings (SSSR count). The fourth-order valence-corrected chi connectivity index (χ4v) is 4.71. The standard InChI is InChI=1S/C24H29NO3.NO3/c1-27-22-14-19-13-20(24(26)21(19)15-23(22)28-2)12-17-8-10-25(11-9-17)16-18-6-4-3-5-7-18;2-1(3)4/h3-7,14-15,17,20H,8-13,16H2,1-2H3;/q;-1. The highest BCUT2D eigenvalue weighted by Gasteiger charge is 2.34. The number of hydrogen-bond donors (Lipinski definition) is 0. The van der Waals surface area contributed by atoms with Crippen LogP contribution < -0.4 is 9.47 Å². The maximum atomic E-state index is 12.9. The van der Waals surface area contributed by atoms with Gasteiger partial charge in [0.1, 0.15) is 0 Å². The molecule has 8 nitrogen and oxygen atoms in total. The van der Waals surface area contributed by atoms with E-state index in [0.29, 0.717) is 17.4 Å². The lowest BCUT2D eigenvalue weighted by molar-refractivity contribution is -0.402. The highest BCUT2D eigenvalue weighted by molar-refractivity contribution is 6.02. The van der Waals surface area contributed by atoms with Crippen LogP contribution in [0.25, 0.3) is 0 Å². The molecule has 1 saturated heterocycles.